The maximum atomic E-state index is 12.5. The third-order valence-corrected chi connectivity index (χ3v) is 6.36. The molecule has 27 heavy (non-hydrogen) atoms. The summed E-state index contributed by atoms with van der Waals surface area (Å²) >= 11 is 14.4. The highest BCUT2D eigenvalue weighted by Crippen LogP contribution is 2.35. The molecule has 9 heteroatoms. The van der Waals surface area contributed by atoms with E-state index >= 15 is 0 Å². The number of nitrogens with one attached hydrogen (secondary N) is 1. The molecule has 0 radical (unpaired) electrons. The van der Waals surface area contributed by atoms with E-state index in [1.54, 1.807) is 12.1 Å². The van der Waals surface area contributed by atoms with Crippen molar-refractivity contribution in [3.05, 3.63) is 64.1 Å². The summed E-state index contributed by atoms with van der Waals surface area (Å²) in [5, 5.41) is 2.07. The van der Waals surface area contributed by atoms with Gasteiger partial charge >= 0.3 is 0 Å². The van der Waals surface area contributed by atoms with Gasteiger partial charge in [0.25, 0.3) is 10.0 Å². The smallest absolute Gasteiger partial charge is 0.263 e. The molecule has 0 aliphatic rings. The van der Waals surface area contributed by atoms with E-state index in [0.29, 0.717) is 5.02 Å². The van der Waals surface area contributed by atoms with Crippen LogP contribution in [0.3, 0.4) is 0 Å². The summed E-state index contributed by atoms with van der Waals surface area (Å²) in [6, 6.07) is 16.1. The molecule has 0 saturated carbocycles. The Labute approximate surface area is 175 Å². The van der Waals surface area contributed by atoms with Gasteiger partial charge < -0.3 is 5.73 Å². The second-order valence-electron chi connectivity index (χ2n) is 5.50. The molecule has 5 nitrogen and oxygen atoms in total. The van der Waals surface area contributed by atoms with Crippen molar-refractivity contribution in [3.63, 3.8) is 0 Å². The highest BCUT2D eigenvalue weighted by Gasteiger charge is 2.17. The minimum atomic E-state index is -3.85. The van der Waals surface area contributed by atoms with Crippen LogP contribution in [0.2, 0.25) is 5.02 Å². The van der Waals surface area contributed by atoms with Crippen molar-refractivity contribution in [2.75, 3.05) is 0 Å². The van der Waals surface area contributed by atoms with Crippen molar-refractivity contribution in [3.8, 4) is 11.1 Å². The van der Waals surface area contributed by atoms with Gasteiger partial charge in [-0.2, -0.15) is 0 Å². The molecule has 0 atom stereocenters. The maximum absolute atomic E-state index is 12.5. The van der Waals surface area contributed by atoms with Crippen molar-refractivity contribution in [2.24, 2.45) is 10.7 Å². The second-order valence-corrected chi connectivity index (χ2v) is 8.86. The fraction of sp³-hybridized carbons (Fsp3) is 0. The molecular formula is C18H13BrClN3O2S2. The molecule has 138 valence electrons. The number of hydrogen-bond donors (Lipinski definition) is 2. The number of fused-ring (bicyclic) bond motifs is 1. The third kappa shape index (κ3) is 4.30. The largest absolute Gasteiger partial charge is 0.390 e. The molecule has 0 heterocycles. The first-order valence-corrected chi connectivity index (χ1v) is 10.7. The van der Waals surface area contributed by atoms with E-state index in [0.717, 1.165) is 32.7 Å². The normalized spacial score (nSPS) is 11.8. The standard InChI is InChI=1S/C18H13BrClN3O2S2/c19-17-9-12(20)4-6-16(17)15-3-1-2-11-8-13(5-7-14(11)15)27(24,25)23-18(26)22-10-21/h1-10H,(H3,21,22,23,26). The quantitative estimate of drug-likeness (QED) is 0.328. The van der Waals surface area contributed by atoms with Gasteiger partial charge in [0.15, 0.2) is 0 Å². The van der Waals surface area contributed by atoms with Crippen LogP contribution in [0.15, 0.2) is 69.0 Å². The molecular weight excluding hydrogens is 470 g/mol. The van der Waals surface area contributed by atoms with Crippen LogP contribution in [0.1, 0.15) is 0 Å². The zero-order valence-electron chi connectivity index (χ0n) is 13.7. The topological polar surface area (TPSA) is 84.5 Å². The Hall–Kier alpha value is -2.00. The highest BCUT2D eigenvalue weighted by molar-refractivity contribution is 9.10. The van der Waals surface area contributed by atoms with Crippen LogP contribution in [-0.4, -0.2) is 19.9 Å². The summed E-state index contributed by atoms with van der Waals surface area (Å²) in [4.78, 5) is 3.63. The third-order valence-electron chi connectivity index (χ3n) is 3.80. The summed E-state index contributed by atoms with van der Waals surface area (Å²) in [7, 11) is -3.85. The molecule has 3 aromatic carbocycles. The number of thiocarbonyl (C=S) groups is 1. The van der Waals surface area contributed by atoms with Crippen LogP contribution in [-0.2, 0) is 10.0 Å². The number of nitrogens with zero attached hydrogens (tertiary/aromatic N) is 1. The van der Waals surface area contributed by atoms with Crippen LogP contribution in [0.25, 0.3) is 21.9 Å². The Kier molecular flexibility index (Phi) is 5.81. The van der Waals surface area contributed by atoms with Crippen molar-refractivity contribution in [2.45, 2.75) is 4.90 Å². The van der Waals surface area contributed by atoms with Crippen molar-refractivity contribution < 1.29 is 8.42 Å². The molecule has 0 saturated heterocycles. The molecule has 3 aromatic rings. The van der Waals surface area contributed by atoms with E-state index in [9.17, 15) is 8.42 Å². The van der Waals surface area contributed by atoms with Gasteiger partial charge in [-0.3, -0.25) is 4.72 Å². The zero-order valence-corrected chi connectivity index (χ0v) is 17.7. The van der Waals surface area contributed by atoms with E-state index in [2.05, 4.69) is 25.6 Å². The van der Waals surface area contributed by atoms with E-state index < -0.39 is 10.0 Å². The molecule has 3 rings (SSSR count). The highest BCUT2D eigenvalue weighted by atomic mass is 79.9. The summed E-state index contributed by atoms with van der Waals surface area (Å²) in [6.07, 6.45) is 0.932. The fourth-order valence-corrected chi connectivity index (χ4v) is 4.86. The van der Waals surface area contributed by atoms with Gasteiger partial charge in [0, 0.05) is 9.50 Å². The monoisotopic (exact) mass is 481 g/mol. The van der Waals surface area contributed by atoms with Gasteiger partial charge in [0.2, 0.25) is 5.11 Å². The lowest BCUT2D eigenvalue weighted by Crippen LogP contribution is -2.28. The summed E-state index contributed by atoms with van der Waals surface area (Å²) in [5.41, 5.74) is 7.04. The van der Waals surface area contributed by atoms with E-state index in [-0.39, 0.29) is 10.0 Å². The van der Waals surface area contributed by atoms with E-state index in [1.807, 2.05) is 36.4 Å². The summed E-state index contributed by atoms with van der Waals surface area (Å²) in [6.45, 7) is 0. The first kappa shape index (κ1) is 19.8. The lowest BCUT2D eigenvalue weighted by Gasteiger charge is -2.11. The average molecular weight is 483 g/mol. The Balaban J connectivity index is 2.09. The Morgan fingerprint density at radius 1 is 1.15 bits per heavy atom. The Bertz CT molecular complexity index is 1180. The van der Waals surface area contributed by atoms with Crippen LogP contribution >= 0.6 is 39.7 Å². The Morgan fingerprint density at radius 3 is 2.63 bits per heavy atom. The van der Waals surface area contributed by atoms with Gasteiger partial charge in [-0.05, 0) is 58.4 Å². The van der Waals surface area contributed by atoms with Gasteiger partial charge in [0.05, 0.1) is 11.2 Å². The maximum Gasteiger partial charge on any atom is 0.263 e. The van der Waals surface area contributed by atoms with Crippen molar-refractivity contribution >= 4 is 72.0 Å². The van der Waals surface area contributed by atoms with Crippen LogP contribution in [0.4, 0.5) is 0 Å². The SMILES string of the molecule is N/C=N\C(=S)NS(=O)(=O)c1ccc2c(-c3ccc(Cl)cc3Br)cccc2c1. The van der Waals surface area contributed by atoms with Crippen LogP contribution in [0, 0.1) is 0 Å². The van der Waals surface area contributed by atoms with Crippen LogP contribution in [0.5, 0.6) is 0 Å². The minimum Gasteiger partial charge on any atom is -0.390 e. The molecule has 0 amide bonds. The van der Waals surface area contributed by atoms with Crippen molar-refractivity contribution in [1.29, 1.82) is 0 Å². The number of benzene rings is 3. The van der Waals surface area contributed by atoms with E-state index in [4.69, 9.17) is 29.6 Å². The lowest BCUT2D eigenvalue weighted by molar-refractivity contribution is 0.593. The van der Waals surface area contributed by atoms with Crippen LogP contribution < -0.4 is 10.5 Å². The number of rotatable bonds is 3. The van der Waals surface area contributed by atoms with E-state index in [1.165, 1.54) is 6.07 Å². The van der Waals surface area contributed by atoms with Gasteiger partial charge in [-0.15, -0.1) is 0 Å². The van der Waals surface area contributed by atoms with Gasteiger partial charge in [-0.25, -0.2) is 13.4 Å². The van der Waals surface area contributed by atoms with Crippen molar-refractivity contribution in [1.82, 2.24) is 4.72 Å². The Morgan fingerprint density at radius 2 is 1.93 bits per heavy atom. The minimum absolute atomic E-state index is 0.0805. The molecule has 3 N–H and O–H groups in total. The molecule has 0 fully saturated rings. The van der Waals surface area contributed by atoms with Gasteiger partial charge in [0.1, 0.15) is 0 Å². The number of sulfonamides is 1. The first-order chi connectivity index (χ1) is 12.8. The second kappa shape index (κ2) is 7.93. The number of aliphatic imine (C=N–C) groups is 1. The predicted octanol–water partition coefficient (Wildman–Crippen LogP) is 4.47. The molecule has 0 bridgehead atoms. The number of nitrogens with two attached hydrogens (primary N) is 1. The predicted molar refractivity (Wildman–Crippen MR) is 118 cm³/mol. The number of halogens is 2. The zero-order chi connectivity index (χ0) is 19.6. The number of hydrogen-bond acceptors (Lipinski definition) is 3. The summed E-state index contributed by atoms with van der Waals surface area (Å²) < 4.78 is 28.0. The molecule has 0 unspecified atom stereocenters. The summed E-state index contributed by atoms with van der Waals surface area (Å²) in [5.74, 6) is 0. The molecule has 0 spiro atoms. The fourth-order valence-electron chi connectivity index (χ4n) is 2.64. The average Bonchev–Trinajstić information content (AvgIpc) is 2.60. The molecule has 0 aliphatic carbocycles. The lowest BCUT2D eigenvalue weighted by atomic mass is 9.98. The molecule has 0 aromatic heterocycles. The van der Waals surface area contributed by atoms with Gasteiger partial charge in [-0.1, -0.05) is 57.9 Å². The first-order valence-electron chi connectivity index (χ1n) is 7.61. The molecule has 0 aliphatic heterocycles.